The fraction of sp³-hybridized carbons (Fsp3) is 0.286. The predicted molar refractivity (Wildman–Crippen MR) is 135 cm³/mol. The second-order valence-corrected chi connectivity index (χ2v) is 8.39. The summed E-state index contributed by atoms with van der Waals surface area (Å²) >= 11 is 0. The van der Waals surface area contributed by atoms with Crippen LogP contribution in [0.1, 0.15) is 39.5 Å². The lowest BCUT2D eigenvalue weighted by Gasteiger charge is -2.29. The van der Waals surface area contributed by atoms with Gasteiger partial charge in [0.25, 0.3) is 5.91 Å². The molecule has 1 aliphatic rings. The molecule has 1 atom stereocenters. The lowest BCUT2D eigenvalue weighted by Crippen LogP contribution is -2.34. The number of fused-ring (bicyclic) bond motifs is 1. The number of benzene rings is 3. The molecule has 36 heavy (non-hydrogen) atoms. The molecule has 1 heterocycles. The number of hydrogen-bond donors (Lipinski definition) is 1. The average Bonchev–Trinajstić information content (AvgIpc) is 3.25. The van der Waals surface area contributed by atoms with E-state index in [1.807, 2.05) is 48.5 Å². The molecule has 8 nitrogen and oxygen atoms in total. The van der Waals surface area contributed by atoms with Gasteiger partial charge >= 0.3 is 0 Å². The third-order valence-corrected chi connectivity index (χ3v) is 6.32. The third-order valence-electron chi connectivity index (χ3n) is 6.32. The average molecular weight is 491 g/mol. The van der Waals surface area contributed by atoms with Gasteiger partial charge in [-0.3, -0.25) is 9.59 Å². The van der Waals surface area contributed by atoms with Crippen LogP contribution in [-0.2, 0) is 17.9 Å². The molecule has 0 spiro atoms. The standard InChI is InChI=1S/C28H30N2O6/c1-33-21-11-9-18(10-12-21)16-29-26(31)15-23(30-17-19-7-5-6-8-22(19)28(30)32)20-13-24(34-2)27(36-4)25(14-20)35-3/h5-14,23H,15-17H2,1-4H3,(H,29,31)/t23-/m1/s1. The number of methoxy groups -OCH3 is 4. The van der Waals surface area contributed by atoms with Crippen molar-refractivity contribution in [2.24, 2.45) is 0 Å². The normalized spacial score (nSPS) is 13.1. The molecule has 3 aromatic carbocycles. The van der Waals surface area contributed by atoms with Crippen LogP contribution in [0.3, 0.4) is 0 Å². The molecular formula is C28H30N2O6. The minimum Gasteiger partial charge on any atom is -0.497 e. The number of carbonyl (C=O) groups is 2. The van der Waals surface area contributed by atoms with Crippen LogP contribution in [0.25, 0.3) is 0 Å². The van der Waals surface area contributed by atoms with Crippen molar-refractivity contribution in [3.63, 3.8) is 0 Å². The summed E-state index contributed by atoms with van der Waals surface area (Å²) in [5.41, 5.74) is 3.23. The van der Waals surface area contributed by atoms with Crippen molar-refractivity contribution in [1.82, 2.24) is 10.2 Å². The molecule has 2 amide bonds. The van der Waals surface area contributed by atoms with Crippen molar-refractivity contribution in [2.45, 2.75) is 25.6 Å². The number of nitrogens with one attached hydrogen (secondary N) is 1. The van der Waals surface area contributed by atoms with Crippen molar-refractivity contribution >= 4 is 11.8 Å². The highest BCUT2D eigenvalue weighted by Gasteiger charge is 2.35. The molecule has 3 aromatic rings. The predicted octanol–water partition coefficient (Wildman–Crippen LogP) is 4.12. The second kappa shape index (κ2) is 11.0. The van der Waals surface area contributed by atoms with Gasteiger partial charge in [0.05, 0.1) is 40.9 Å². The maximum atomic E-state index is 13.4. The maximum Gasteiger partial charge on any atom is 0.255 e. The Morgan fingerprint density at radius 3 is 2.17 bits per heavy atom. The summed E-state index contributed by atoms with van der Waals surface area (Å²) < 4.78 is 21.7. The van der Waals surface area contributed by atoms with E-state index < -0.39 is 6.04 Å². The molecule has 8 heteroatoms. The number of amides is 2. The van der Waals surface area contributed by atoms with Crippen molar-refractivity contribution in [2.75, 3.05) is 28.4 Å². The van der Waals surface area contributed by atoms with Crippen LogP contribution in [0.4, 0.5) is 0 Å². The number of hydrogen-bond acceptors (Lipinski definition) is 6. The molecule has 1 N–H and O–H groups in total. The van der Waals surface area contributed by atoms with E-state index in [-0.39, 0.29) is 18.2 Å². The Bertz CT molecular complexity index is 1220. The molecule has 0 unspecified atom stereocenters. The molecule has 0 saturated carbocycles. The molecule has 188 valence electrons. The van der Waals surface area contributed by atoms with Gasteiger partial charge < -0.3 is 29.2 Å². The Hall–Kier alpha value is -4.20. The highest BCUT2D eigenvalue weighted by atomic mass is 16.5. The lowest BCUT2D eigenvalue weighted by molar-refractivity contribution is -0.122. The first-order valence-electron chi connectivity index (χ1n) is 11.6. The van der Waals surface area contributed by atoms with Crippen LogP contribution < -0.4 is 24.3 Å². The summed E-state index contributed by atoms with van der Waals surface area (Å²) in [6.07, 6.45) is 0.0640. The minimum atomic E-state index is -0.547. The van der Waals surface area contributed by atoms with Crippen molar-refractivity contribution in [3.8, 4) is 23.0 Å². The Kier molecular flexibility index (Phi) is 7.63. The van der Waals surface area contributed by atoms with Crippen molar-refractivity contribution < 1.29 is 28.5 Å². The van der Waals surface area contributed by atoms with Gasteiger partial charge in [-0.1, -0.05) is 30.3 Å². The Labute approximate surface area is 210 Å². The fourth-order valence-electron chi connectivity index (χ4n) is 4.42. The lowest BCUT2D eigenvalue weighted by atomic mass is 10.00. The van der Waals surface area contributed by atoms with E-state index in [4.69, 9.17) is 18.9 Å². The summed E-state index contributed by atoms with van der Waals surface area (Å²) in [6, 6.07) is 18.0. The van der Waals surface area contributed by atoms with Gasteiger partial charge in [-0.25, -0.2) is 0 Å². The van der Waals surface area contributed by atoms with Gasteiger partial charge in [0, 0.05) is 18.7 Å². The SMILES string of the molecule is COc1ccc(CNC(=O)C[C@H](c2cc(OC)c(OC)c(OC)c2)N2Cc3ccccc3C2=O)cc1. The fourth-order valence-corrected chi connectivity index (χ4v) is 4.42. The molecule has 4 rings (SSSR count). The molecule has 0 aliphatic carbocycles. The monoisotopic (exact) mass is 490 g/mol. The van der Waals surface area contributed by atoms with Crippen LogP contribution in [0.5, 0.6) is 23.0 Å². The van der Waals surface area contributed by atoms with E-state index >= 15 is 0 Å². The quantitative estimate of drug-likeness (QED) is 0.460. The zero-order valence-electron chi connectivity index (χ0n) is 20.9. The van der Waals surface area contributed by atoms with Crippen LogP contribution in [0.2, 0.25) is 0 Å². The van der Waals surface area contributed by atoms with Crippen LogP contribution in [-0.4, -0.2) is 45.2 Å². The summed E-state index contributed by atoms with van der Waals surface area (Å²) in [6.45, 7) is 0.765. The molecular weight excluding hydrogens is 460 g/mol. The largest absolute Gasteiger partial charge is 0.497 e. The maximum absolute atomic E-state index is 13.4. The van der Waals surface area contributed by atoms with Gasteiger partial charge in [0.15, 0.2) is 11.5 Å². The number of carbonyl (C=O) groups excluding carboxylic acids is 2. The zero-order chi connectivity index (χ0) is 25.7. The highest BCUT2D eigenvalue weighted by Crippen LogP contribution is 2.42. The highest BCUT2D eigenvalue weighted by molar-refractivity contribution is 5.99. The minimum absolute atomic E-state index is 0.0640. The second-order valence-electron chi connectivity index (χ2n) is 8.39. The van der Waals surface area contributed by atoms with Gasteiger partial charge in [0.2, 0.25) is 11.7 Å². The van der Waals surface area contributed by atoms with Crippen LogP contribution in [0, 0.1) is 0 Å². The summed E-state index contributed by atoms with van der Waals surface area (Å²) in [7, 11) is 6.21. The first kappa shape index (κ1) is 24.9. The van der Waals surface area contributed by atoms with Crippen LogP contribution >= 0.6 is 0 Å². The Morgan fingerprint density at radius 1 is 0.917 bits per heavy atom. The molecule has 0 aromatic heterocycles. The number of nitrogens with zero attached hydrogens (tertiary/aromatic N) is 1. The number of rotatable bonds is 10. The van der Waals surface area contributed by atoms with E-state index in [0.29, 0.717) is 41.5 Å². The summed E-state index contributed by atoms with van der Waals surface area (Å²) in [5, 5.41) is 2.97. The smallest absolute Gasteiger partial charge is 0.255 e. The van der Waals surface area contributed by atoms with E-state index in [2.05, 4.69) is 5.32 Å². The topological polar surface area (TPSA) is 86.3 Å². The zero-order valence-corrected chi connectivity index (χ0v) is 20.9. The first-order valence-corrected chi connectivity index (χ1v) is 11.6. The summed E-state index contributed by atoms with van der Waals surface area (Å²) in [5.74, 6) is 1.81. The van der Waals surface area contributed by atoms with Crippen molar-refractivity contribution in [3.05, 3.63) is 82.9 Å². The molecule has 0 bridgehead atoms. The summed E-state index contributed by atoms with van der Waals surface area (Å²) in [4.78, 5) is 28.2. The molecule has 1 aliphatic heterocycles. The third kappa shape index (κ3) is 5.07. The first-order chi connectivity index (χ1) is 17.5. The van der Waals surface area contributed by atoms with E-state index in [1.54, 1.807) is 24.1 Å². The Morgan fingerprint density at radius 2 is 1.58 bits per heavy atom. The van der Waals surface area contributed by atoms with Gasteiger partial charge in [-0.2, -0.15) is 0 Å². The van der Waals surface area contributed by atoms with Crippen LogP contribution in [0.15, 0.2) is 60.7 Å². The van der Waals surface area contributed by atoms with E-state index in [1.165, 1.54) is 21.3 Å². The van der Waals surface area contributed by atoms with Gasteiger partial charge in [-0.15, -0.1) is 0 Å². The Balaban J connectivity index is 1.62. The van der Waals surface area contributed by atoms with Gasteiger partial charge in [0.1, 0.15) is 5.75 Å². The molecule has 0 fully saturated rings. The molecule has 0 saturated heterocycles. The van der Waals surface area contributed by atoms with Crippen molar-refractivity contribution in [1.29, 1.82) is 0 Å². The number of ether oxygens (including phenoxy) is 4. The van der Waals surface area contributed by atoms with Gasteiger partial charge in [-0.05, 0) is 47.0 Å². The van der Waals surface area contributed by atoms with E-state index in [9.17, 15) is 9.59 Å². The molecule has 0 radical (unpaired) electrons. The van der Waals surface area contributed by atoms with E-state index in [0.717, 1.165) is 16.9 Å².